The van der Waals surface area contributed by atoms with Gasteiger partial charge in [0.2, 0.25) is 0 Å². The highest BCUT2D eigenvalue weighted by molar-refractivity contribution is 7.09. The van der Waals surface area contributed by atoms with E-state index in [2.05, 4.69) is 30.8 Å². The maximum Gasteiger partial charge on any atom is 0.0798 e. The van der Waals surface area contributed by atoms with Crippen LogP contribution in [0.15, 0.2) is 5.51 Å². The molecule has 3 nitrogen and oxygen atoms in total. The monoisotopic (exact) mass is 242 g/mol. The Morgan fingerprint density at radius 3 is 2.69 bits per heavy atom. The lowest BCUT2D eigenvalue weighted by Crippen LogP contribution is -2.35. The Hall–Kier alpha value is -0.450. The van der Waals surface area contributed by atoms with Gasteiger partial charge in [0.25, 0.3) is 0 Å². The molecule has 1 N–H and O–H groups in total. The molecule has 1 heterocycles. The van der Waals surface area contributed by atoms with Crippen LogP contribution in [0.5, 0.6) is 0 Å². The molecule has 0 aliphatic rings. The van der Waals surface area contributed by atoms with Crippen molar-refractivity contribution >= 4 is 11.3 Å². The summed E-state index contributed by atoms with van der Waals surface area (Å²) in [6.45, 7) is 8.38. The second-order valence-corrected chi connectivity index (χ2v) is 5.79. The fourth-order valence-corrected chi connectivity index (χ4v) is 2.56. The smallest absolute Gasteiger partial charge is 0.0798 e. The Labute approximate surface area is 102 Å². The number of hydrogen-bond acceptors (Lipinski definition) is 4. The minimum atomic E-state index is 0.00728. The molecule has 0 aromatic carbocycles. The summed E-state index contributed by atoms with van der Waals surface area (Å²) < 4.78 is 0. The second-order valence-electron chi connectivity index (χ2n) is 4.86. The summed E-state index contributed by atoms with van der Waals surface area (Å²) in [5.41, 5.74) is 3.02. The highest BCUT2D eigenvalue weighted by Crippen LogP contribution is 2.23. The summed E-state index contributed by atoms with van der Waals surface area (Å²) >= 11 is 1.70. The van der Waals surface area contributed by atoms with Crippen molar-refractivity contribution in [2.45, 2.75) is 33.7 Å². The number of thiazole rings is 1. The predicted molar refractivity (Wildman–Crippen MR) is 68.7 cm³/mol. The Kier molecular flexibility index (Phi) is 4.89. The predicted octanol–water partition coefficient (Wildman–Crippen LogP) is 2.29. The van der Waals surface area contributed by atoms with Gasteiger partial charge < -0.3 is 10.0 Å². The third-order valence-corrected chi connectivity index (χ3v) is 4.07. The van der Waals surface area contributed by atoms with Gasteiger partial charge in [-0.3, -0.25) is 0 Å². The molecule has 1 aromatic heterocycles. The number of nitrogens with zero attached hydrogens (tertiary/aromatic N) is 2. The third-order valence-electron chi connectivity index (χ3n) is 3.15. The van der Waals surface area contributed by atoms with Crippen molar-refractivity contribution < 1.29 is 5.11 Å². The number of aryl methyl sites for hydroxylation is 1. The van der Waals surface area contributed by atoms with E-state index < -0.39 is 0 Å². The average Bonchev–Trinajstić information content (AvgIpc) is 2.64. The molecule has 0 saturated carbocycles. The van der Waals surface area contributed by atoms with Gasteiger partial charge in [-0.05, 0) is 20.4 Å². The van der Waals surface area contributed by atoms with Crippen LogP contribution >= 0.6 is 11.3 Å². The maximum absolute atomic E-state index is 9.38. The van der Waals surface area contributed by atoms with E-state index in [0.717, 1.165) is 25.2 Å². The average molecular weight is 242 g/mol. The molecule has 1 unspecified atom stereocenters. The molecule has 1 aromatic rings. The molecule has 4 heteroatoms. The molecule has 0 aliphatic heterocycles. The lowest BCUT2D eigenvalue weighted by atomic mass is 9.88. The summed E-state index contributed by atoms with van der Waals surface area (Å²) in [7, 11) is 2.10. The Morgan fingerprint density at radius 2 is 2.25 bits per heavy atom. The standard InChI is InChI=1S/C12H22N2OS/c1-5-12(3,8-15)7-14(4)6-11-10(2)13-9-16-11/h9,15H,5-8H2,1-4H3. The zero-order chi connectivity index (χ0) is 12.2. The van der Waals surface area contributed by atoms with Gasteiger partial charge in [0.15, 0.2) is 0 Å². The third kappa shape index (κ3) is 3.54. The van der Waals surface area contributed by atoms with Crippen molar-refractivity contribution in [3.63, 3.8) is 0 Å². The van der Waals surface area contributed by atoms with Crippen molar-refractivity contribution in [2.24, 2.45) is 5.41 Å². The SMILES string of the molecule is CCC(C)(CO)CN(C)Cc1scnc1C. The van der Waals surface area contributed by atoms with Crippen LogP contribution in [-0.4, -0.2) is 35.2 Å². The number of aromatic nitrogens is 1. The Balaban J connectivity index is 2.53. The molecule has 1 atom stereocenters. The van der Waals surface area contributed by atoms with Crippen LogP contribution < -0.4 is 0 Å². The normalized spacial score (nSPS) is 15.4. The molecular weight excluding hydrogens is 220 g/mol. The fourth-order valence-electron chi connectivity index (χ4n) is 1.70. The molecule has 0 radical (unpaired) electrons. The van der Waals surface area contributed by atoms with Gasteiger partial charge in [-0.2, -0.15) is 0 Å². The molecule has 1 rings (SSSR count). The quantitative estimate of drug-likeness (QED) is 0.831. The molecular formula is C12H22N2OS. The van der Waals surface area contributed by atoms with Gasteiger partial charge in [0.1, 0.15) is 0 Å². The van der Waals surface area contributed by atoms with Crippen LogP contribution in [0, 0.1) is 12.3 Å². The van der Waals surface area contributed by atoms with Crippen LogP contribution in [0.1, 0.15) is 30.8 Å². The summed E-state index contributed by atoms with van der Waals surface area (Å²) in [6, 6.07) is 0. The fraction of sp³-hybridized carbons (Fsp3) is 0.750. The van der Waals surface area contributed by atoms with Gasteiger partial charge in [-0.15, -0.1) is 11.3 Å². The molecule has 0 spiro atoms. The highest BCUT2D eigenvalue weighted by Gasteiger charge is 2.23. The van der Waals surface area contributed by atoms with E-state index in [4.69, 9.17) is 0 Å². The summed E-state index contributed by atoms with van der Waals surface area (Å²) in [5.74, 6) is 0. The van der Waals surface area contributed by atoms with Gasteiger partial charge in [-0.1, -0.05) is 13.8 Å². The largest absolute Gasteiger partial charge is 0.396 e. The van der Waals surface area contributed by atoms with Crippen molar-refractivity contribution in [2.75, 3.05) is 20.2 Å². The molecule has 0 bridgehead atoms. The lowest BCUT2D eigenvalue weighted by Gasteiger charge is -2.31. The number of aliphatic hydroxyl groups excluding tert-OH is 1. The van der Waals surface area contributed by atoms with Crippen LogP contribution in [0.2, 0.25) is 0 Å². The topological polar surface area (TPSA) is 36.4 Å². The van der Waals surface area contributed by atoms with E-state index in [1.54, 1.807) is 11.3 Å². The van der Waals surface area contributed by atoms with E-state index in [1.807, 2.05) is 12.4 Å². The molecule has 0 aliphatic carbocycles. The first-order valence-electron chi connectivity index (χ1n) is 5.69. The van der Waals surface area contributed by atoms with Crippen LogP contribution in [0.4, 0.5) is 0 Å². The summed E-state index contributed by atoms with van der Waals surface area (Å²) in [5, 5.41) is 9.38. The summed E-state index contributed by atoms with van der Waals surface area (Å²) in [4.78, 5) is 7.83. The van der Waals surface area contributed by atoms with Gasteiger partial charge in [0.05, 0.1) is 11.2 Å². The Morgan fingerprint density at radius 1 is 1.56 bits per heavy atom. The minimum Gasteiger partial charge on any atom is -0.396 e. The van der Waals surface area contributed by atoms with Gasteiger partial charge >= 0.3 is 0 Å². The lowest BCUT2D eigenvalue weighted by molar-refractivity contribution is 0.0933. The summed E-state index contributed by atoms with van der Waals surface area (Å²) in [6.07, 6.45) is 0.996. The van der Waals surface area contributed by atoms with E-state index >= 15 is 0 Å². The first-order valence-corrected chi connectivity index (χ1v) is 6.57. The van der Waals surface area contributed by atoms with Gasteiger partial charge in [-0.25, -0.2) is 4.98 Å². The van der Waals surface area contributed by atoms with E-state index in [0.29, 0.717) is 0 Å². The number of rotatable bonds is 6. The highest BCUT2D eigenvalue weighted by atomic mass is 32.1. The minimum absolute atomic E-state index is 0.00728. The van der Waals surface area contributed by atoms with Crippen LogP contribution in [0.3, 0.4) is 0 Å². The van der Waals surface area contributed by atoms with Crippen molar-refractivity contribution in [1.82, 2.24) is 9.88 Å². The van der Waals surface area contributed by atoms with Gasteiger partial charge in [0, 0.05) is 30.0 Å². The first kappa shape index (κ1) is 13.6. The van der Waals surface area contributed by atoms with Crippen LogP contribution in [-0.2, 0) is 6.54 Å². The molecule has 16 heavy (non-hydrogen) atoms. The molecule has 0 saturated heterocycles. The Bertz CT molecular complexity index is 321. The maximum atomic E-state index is 9.38. The number of aliphatic hydroxyl groups is 1. The zero-order valence-electron chi connectivity index (χ0n) is 10.7. The van der Waals surface area contributed by atoms with E-state index in [9.17, 15) is 5.11 Å². The van der Waals surface area contributed by atoms with E-state index in [-0.39, 0.29) is 12.0 Å². The zero-order valence-corrected chi connectivity index (χ0v) is 11.5. The second kappa shape index (κ2) is 5.75. The molecule has 0 fully saturated rings. The van der Waals surface area contributed by atoms with Crippen molar-refractivity contribution in [3.8, 4) is 0 Å². The number of hydrogen-bond donors (Lipinski definition) is 1. The first-order chi connectivity index (χ1) is 7.50. The van der Waals surface area contributed by atoms with E-state index in [1.165, 1.54) is 4.88 Å². The molecule has 92 valence electrons. The van der Waals surface area contributed by atoms with Crippen LogP contribution in [0.25, 0.3) is 0 Å². The van der Waals surface area contributed by atoms with Crippen molar-refractivity contribution in [3.05, 3.63) is 16.1 Å². The van der Waals surface area contributed by atoms with Crippen molar-refractivity contribution in [1.29, 1.82) is 0 Å². The molecule has 0 amide bonds.